The van der Waals surface area contributed by atoms with Crippen molar-refractivity contribution in [2.24, 2.45) is 17.3 Å². The molecule has 1 radical (unpaired) electrons. The third-order valence-electron chi connectivity index (χ3n) is 7.18. The molecular weight excluding hydrogens is 272 g/mol. The van der Waals surface area contributed by atoms with Gasteiger partial charge in [0.1, 0.15) is 5.75 Å². The predicted octanol–water partition coefficient (Wildman–Crippen LogP) is 4.10. The number of fused-ring (bicyclic) bond motifs is 5. The van der Waals surface area contributed by atoms with Gasteiger partial charge in [-0.15, -0.1) is 0 Å². The molecule has 2 nitrogen and oxygen atoms in total. The van der Waals surface area contributed by atoms with Crippen molar-refractivity contribution in [3.8, 4) is 5.75 Å². The number of rotatable bonds is 2. The van der Waals surface area contributed by atoms with Gasteiger partial charge in [0, 0.05) is 6.07 Å². The molecule has 22 heavy (non-hydrogen) atoms. The highest BCUT2D eigenvalue weighted by Gasteiger charge is 2.55. The number of methoxy groups -OCH3 is 1. The fraction of sp³-hybridized carbons (Fsp3) is 0.700. The Morgan fingerprint density at radius 1 is 1.32 bits per heavy atom. The summed E-state index contributed by atoms with van der Waals surface area (Å²) < 4.78 is 5.41. The molecule has 2 heteroatoms. The maximum atomic E-state index is 10.6. The van der Waals surface area contributed by atoms with Gasteiger partial charge in [-0.2, -0.15) is 0 Å². The first-order valence-electron chi connectivity index (χ1n) is 8.96. The summed E-state index contributed by atoms with van der Waals surface area (Å²) in [5.41, 5.74) is 3.20. The van der Waals surface area contributed by atoms with Crippen LogP contribution in [0.25, 0.3) is 0 Å². The van der Waals surface area contributed by atoms with Gasteiger partial charge in [0.25, 0.3) is 0 Å². The van der Waals surface area contributed by atoms with Crippen LogP contribution in [-0.2, 0) is 6.42 Å². The van der Waals surface area contributed by atoms with Gasteiger partial charge in [0.05, 0.1) is 13.2 Å². The van der Waals surface area contributed by atoms with E-state index in [-0.39, 0.29) is 11.5 Å². The van der Waals surface area contributed by atoms with Gasteiger partial charge in [-0.1, -0.05) is 6.92 Å². The Morgan fingerprint density at radius 2 is 2.18 bits per heavy atom. The second kappa shape index (κ2) is 5.26. The monoisotopic (exact) mass is 299 g/mol. The number of hydrogen-bond acceptors (Lipinski definition) is 2. The first-order valence-corrected chi connectivity index (χ1v) is 8.96. The summed E-state index contributed by atoms with van der Waals surface area (Å²) in [6.45, 7) is 2.29. The largest absolute Gasteiger partial charge is 0.496 e. The van der Waals surface area contributed by atoms with Crippen LogP contribution in [0.2, 0.25) is 0 Å². The van der Waals surface area contributed by atoms with Crippen LogP contribution < -0.4 is 4.74 Å². The first kappa shape index (κ1) is 14.6. The molecule has 3 aliphatic rings. The van der Waals surface area contributed by atoms with E-state index in [0.717, 1.165) is 30.4 Å². The first-order chi connectivity index (χ1) is 10.7. The SMILES string of the molecule is CC[C@]12CC[C@@H]3c4cc(OC)[c]cc4CC[C@H]3[C@@H]1CC[C@@H]2O. The van der Waals surface area contributed by atoms with Crippen LogP contribution in [0.1, 0.15) is 62.5 Å². The molecule has 0 heterocycles. The van der Waals surface area contributed by atoms with E-state index in [1.807, 2.05) is 0 Å². The van der Waals surface area contributed by atoms with E-state index in [2.05, 4.69) is 25.1 Å². The number of benzene rings is 1. The van der Waals surface area contributed by atoms with Gasteiger partial charge < -0.3 is 9.84 Å². The van der Waals surface area contributed by atoms with Crippen LogP contribution in [0, 0.1) is 23.3 Å². The molecule has 0 amide bonds. The molecule has 2 saturated carbocycles. The quantitative estimate of drug-likeness (QED) is 0.891. The minimum absolute atomic E-state index is 0.0662. The van der Waals surface area contributed by atoms with Crippen LogP contribution in [0.15, 0.2) is 12.1 Å². The molecule has 119 valence electrons. The molecule has 0 aliphatic heterocycles. The van der Waals surface area contributed by atoms with E-state index >= 15 is 0 Å². The van der Waals surface area contributed by atoms with Crippen molar-refractivity contribution in [1.29, 1.82) is 0 Å². The second-order valence-electron chi connectivity index (χ2n) is 7.62. The molecule has 1 aromatic carbocycles. The second-order valence-corrected chi connectivity index (χ2v) is 7.62. The molecule has 1 aromatic rings. The minimum atomic E-state index is -0.0662. The third kappa shape index (κ3) is 1.89. The van der Waals surface area contributed by atoms with E-state index in [4.69, 9.17) is 4.74 Å². The average Bonchev–Trinajstić information content (AvgIpc) is 2.91. The molecule has 4 rings (SSSR count). The lowest BCUT2D eigenvalue weighted by atomic mass is 9.54. The summed E-state index contributed by atoms with van der Waals surface area (Å²) in [6.07, 6.45) is 8.19. The lowest BCUT2D eigenvalue weighted by Gasteiger charge is -2.51. The Balaban J connectivity index is 1.71. The Kier molecular flexibility index (Phi) is 3.48. The molecule has 0 aromatic heterocycles. The highest BCUT2D eigenvalue weighted by Crippen LogP contribution is 2.62. The highest BCUT2D eigenvalue weighted by atomic mass is 16.5. The van der Waals surface area contributed by atoms with Gasteiger partial charge in [0.15, 0.2) is 0 Å². The van der Waals surface area contributed by atoms with Crippen molar-refractivity contribution in [2.75, 3.05) is 7.11 Å². The Morgan fingerprint density at radius 3 is 2.95 bits per heavy atom. The summed E-state index contributed by atoms with van der Waals surface area (Å²) in [4.78, 5) is 0. The molecule has 0 unspecified atom stereocenters. The van der Waals surface area contributed by atoms with Crippen molar-refractivity contribution in [2.45, 2.75) is 63.9 Å². The zero-order chi connectivity index (χ0) is 15.3. The van der Waals surface area contributed by atoms with Crippen LogP contribution in [0.3, 0.4) is 0 Å². The normalized spacial score (nSPS) is 39.8. The summed E-state index contributed by atoms with van der Waals surface area (Å²) in [6, 6.07) is 7.63. The Bertz CT molecular complexity index is 567. The summed E-state index contributed by atoms with van der Waals surface area (Å²) >= 11 is 0. The van der Waals surface area contributed by atoms with Gasteiger partial charge in [0.2, 0.25) is 0 Å². The zero-order valence-electron chi connectivity index (χ0n) is 13.8. The van der Waals surface area contributed by atoms with Crippen molar-refractivity contribution in [1.82, 2.24) is 0 Å². The predicted molar refractivity (Wildman–Crippen MR) is 87.1 cm³/mol. The van der Waals surface area contributed by atoms with Crippen molar-refractivity contribution >= 4 is 0 Å². The average molecular weight is 299 g/mol. The summed E-state index contributed by atoms with van der Waals surface area (Å²) in [5, 5.41) is 10.6. The van der Waals surface area contributed by atoms with Crippen LogP contribution in [-0.4, -0.2) is 18.3 Å². The topological polar surface area (TPSA) is 29.5 Å². The smallest absolute Gasteiger partial charge is 0.127 e. The van der Waals surface area contributed by atoms with E-state index in [1.54, 1.807) is 7.11 Å². The minimum Gasteiger partial charge on any atom is -0.496 e. The van der Waals surface area contributed by atoms with Gasteiger partial charge in [-0.25, -0.2) is 0 Å². The molecule has 0 spiro atoms. The van der Waals surface area contributed by atoms with E-state index in [1.165, 1.54) is 43.2 Å². The standard InChI is InChI=1S/C20H27O2/c1-3-20-11-10-15-16(18(20)8-9-19(20)21)7-5-13-4-6-14(22-2)12-17(13)15/h4,12,15-16,18-19,21H,3,5,7-11H2,1-2H3/t15-,16+,18-,19-,20-/m0/s1. The molecule has 3 aliphatic carbocycles. The number of aryl methyl sites for hydroxylation is 1. The molecule has 1 N–H and O–H groups in total. The Labute approximate surface area is 133 Å². The summed E-state index contributed by atoms with van der Waals surface area (Å²) in [7, 11) is 1.73. The van der Waals surface area contributed by atoms with E-state index in [9.17, 15) is 5.11 Å². The van der Waals surface area contributed by atoms with Crippen LogP contribution >= 0.6 is 0 Å². The highest BCUT2D eigenvalue weighted by molar-refractivity contribution is 5.40. The van der Waals surface area contributed by atoms with Crippen molar-refractivity contribution in [3.05, 3.63) is 29.3 Å². The molecule has 0 saturated heterocycles. The maximum absolute atomic E-state index is 10.6. The fourth-order valence-electron chi connectivity index (χ4n) is 6.05. The number of hydrogen-bond donors (Lipinski definition) is 1. The lowest BCUT2D eigenvalue weighted by Crippen LogP contribution is -2.45. The maximum Gasteiger partial charge on any atom is 0.127 e. The van der Waals surface area contributed by atoms with Crippen molar-refractivity contribution < 1.29 is 9.84 Å². The molecular formula is C20H27O2. The number of aliphatic hydroxyl groups excluding tert-OH is 1. The van der Waals surface area contributed by atoms with E-state index in [0.29, 0.717) is 5.92 Å². The van der Waals surface area contributed by atoms with Crippen LogP contribution in [0.5, 0.6) is 5.75 Å². The lowest BCUT2D eigenvalue weighted by molar-refractivity contribution is -0.0394. The number of aliphatic hydroxyl groups is 1. The van der Waals surface area contributed by atoms with Gasteiger partial charge >= 0.3 is 0 Å². The molecule has 5 atom stereocenters. The van der Waals surface area contributed by atoms with Gasteiger partial charge in [-0.3, -0.25) is 0 Å². The Hall–Kier alpha value is -1.02. The van der Waals surface area contributed by atoms with Crippen LogP contribution in [0.4, 0.5) is 0 Å². The number of ether oxygens (including phenoxy) is 1. The molecule has 2 fully saturated rings. The van der Waals surface area contributed by atoms with Crippen molar-refractivity contribution in [3.63, 3.8) is 0 Å². The zero-order valence-corrected chi connectivity index (χ0v) is 13.8. The summed E-state index contributed by atoms with van der Waals surface area (Å²) in [5.74, 6) is 3.01. The van der Waals surface area contributed by atoms with E-state index < -0.39 is 0 Å². The fourth-order valence-corrected chi connectivity index (χ4v) is 6.05. The molecule has 0 bridgehead atoms. The third-order valence-corrected chi connectivity index (χ3v) is 7.18. The van der Waals surface area contributed by atoms with Gasteiger partial charge in [-0.05, 0) is 91.4 Å².